The van der Waals surface area contributed by atoms with Crippen LogP contribution in [0.3, 0.4) is 0 Å². The number of aryl methyl sites for hydroxylation is 1. The monoisotopic (exact) mass is 220 g/mol. The van der Waals surface area contributed by atoms with E-state index in [1.807, 2.05) is 0 Å². The Morgan fingerprint density at radius 1 is 1.62 bits per heavy atom. The second-order valence-electron chi connectivity index (χ2n) is 2.96. The van der Waals surface area contributed by atoms with Crippen LogP contribution in [0.4, 0.5) is 5.69 Å². The van der Waals surface area contributed by atoms with Gasteiger partial charge in [0.1, 0.15) is 11.6 Å². The molecular weight excluding hydrogens is 212 g/mol. The van der Waals surface area contributed by atoms with Crippen LogP contribution in [-0.4, -0.2) is 17.5 Å². The van der Waals surface area contributed by atoms with Crippen molar-refractivity contribution in [2.45, 2.75) is 6.92 Å². The van der Waals surface area contributed by atoms with E-state index in [1.165, 1.54) is 25.1 Å². The summed E-state index contributed by atoms with van der Waals surface area (Å²) in [7, 11) is 0. The van der Waals surface area contributed by atoms with Crippen LogP contribution in [0.25, 0.3) is 0 Å². The van der Waals surface area contributed by atoms with Gasteiger partial charge in [0.05, 0.1) is 4.92 Å². The quantitative estimate of drug-likeness (QED) is 0.438. The van der Waals surface area contributed by atoms with Gasteiger partial charge >= 0.3 is 5.97 Å². The normalized spacial score (nSPS) is 9.25. The van der Waals surface area contributed by atoms with E-state index in [2.05, 4.69) is 4.74 Å². The fourth-order valence-corrected chi connectivity index (χ4v) is 1.24. The zero-order valence-electron chi connectivity index (χ0n) is 8.47. The molecule has 0 fully saturated rings. The first kappa shape index (κ1) is 11.7. The maximum Gasteiger partial charge on any atom is 0.346 e. The molecule has 1 rings (SSSR count). The average Bonchev–Trinajstić information content (AvgIpc) is 2.24. The Kier molecular flexibility index (Phi) is 3.56. The average molecular weight is 220 g/mol. The van der Waals surface area contributed by atoms with E-state index in [1.54, 1.807) is 6.07 Å². The van der Waals surface area contributed by atoms with Crippen LogP contribution in [0.1, 0.15) is 15.9 Å². The summed E-state index contributed by atoms with van der Waals surface area (Å²) in [5.41, 5.74) is -0.0536. The smallest absolute Gasteiger partial charge is 0.346 e. The Morgan fingerprint density at radius 3 is 2.88 bits per heavy atom. The third kappa shape index (κ3) is 2.33. The van der Waals surface area contributed by atoms with Crippen molar-refractivity contribution >= 4 is 11.7 Å². The number of hydrogen-bond acceptors (Lipinski definition) is 5. The highest BCUT2D eigenvalue weighted by molar-refractivity contribution is 5.94. The van der Waals surface area contributed by atoms with Gasteiger partial charge in [-0.05, 0) is 13.0 Å². The van der Waals surface area contributed by atoms with Crippen LogP contribution in [0.15, 0.2) is 18.2 Å². The lowest BCUT2D eigenvalue weighted by molar-refractivity contribution is -0.385. The lowest BCUT2D eigenvalue weighted by atomic mass is 10.1. The van der Waals surface area contributed by atoms with Gasteiger partial charge in [-0.2, -0.15) is 5.26 Å². The summed E-state index contributed by atoms with van der Waals surface area (Å²) in [4.78, 5) is 21.5. The second-order valence-corrected chi connectivity index (χ2v) is 2.96. The number of benzene rings is 1. The third-order valence-electron chi connectivity index (χ3n) is 1.91. The summed E-state index contributed by atoms with van der Waals surface area (Å²) in [6, 6.07) is 5.96. The first-order chi connectivity index (χ1) is 7.57. The number of rotatable bonds is 3. The number of hydrogen-bond donors (Lipinski definition) is 0. The number of esters is 1. The number of para-hydroxylation sites is 1. The van der Waals surface area contributed by atoms with Gasteiger partial charge in [0, 0.05) is 5.56 Å². The Hall–Kier alpha value is -2.42. The molecule has 0 unspecified atom stereocenters. The predicted molar refractivity (Wildman–Crippen MR) is 53.7 cm³/mol. The molecule has 16 heavy (non-hydrogen) atoms. The molecule has 0 saturated carbocycles. The molecule has 82 valence electrons. The number of nitro benzene ring substituents is 1. The van der Waals surface area contributed by atoms with Gasteiger partial charge < -0.3 is 4.74 Å². The Balaban J connectivity index is 3.14. The molecule has 0 atom stereocenters. The van der Waals surface area contributed by atoms with Crippen LogP contribution in [0.5, 0.6) is 0 Å². The minimum absolute atomic E-state index is 0.139. The molecule has 0 aromatic heterocycles. The fraction of sp³-hybridized carbons (Fsp3) is 0.200. The SMILES string of the molecule is Cc1cccc(C(=O)OCC#N)c1[N+](=O)[O-]. The molecule has 1 aromatic rings. The largest absolute Gasteiger partial charge is 0.446 e. The number of carbonyl (C=O) groups excluding carboxylic acids is 1. The van der Waals surface area contributed by atoms with Crippen molar-refractivity contribution in [3.8, 4) is 6.07 Å². The van der Waals surface area contributed by atoms with Gasteiger partial charge in [0.15, 0.2) is 6.61 Å². The second kappa shape index (κ2) is 4.89. The van der Waals surface area contributed by atoms with Crippen molar-refractivity contribution in [2.75, 3.05) is 6.61 Å². The summed E-state index contributed by atoms with van der Waals surface area (Å²) >= 11 is 0. The number of nitrogens with zero attached hydrogens (tertiary/aromatic N) is 2. The fourth-order valence-electron chi connectivity index (χ4n) is 1.24. The molecule has 1 aromatic carbocycles. The Labute approximate surface area is 91.2 Å². The first-order valence-corrected chi connectivity index (χ1v) is 4.36. The van der Waals surface area contributed by atoms with Gasteiger partial charge in [0.25, 0.3) is 5.69 Å². The highest BCUT2D eigenvalue weighted by atomic mass is 16.6. The molecule has 0 saturated heterocycles. The molecule has 0 N–H and O–H groups in total. The minimum atomic E-state index is -0.864. The van der Waals surface area contributed by atoms with Gasteiger partial charge in [0.2, 0.25) is 0 Å². The van der Waals surface area contributed by atoms with Gasteiger partial charge in [-0.3, -0.25) is 10.1 Å². The maximum absolute atomic E-state index is 11.4. The molecule has 0 aliphatic heterocycles. The minimum Gasteiger partial charge on any atom is -0.446 e. The third-order valence-corrected chi connectivity index (χ3v) is 1.91. The van der Waals surface area contributed by atoms with Crippen LogP contribution in [0, 0.1) is 28.4 Å². The van der Waals surface area contributed by atoms with E-state index in [0.29, 0.717) is 5.56 Å². The van der Waals surface area contributed by atoms with Gasteiger partial charge in [-0.25, -0.2) is 4.79 Å². The molecule has 0 aliphatic carbocycles. The predicted octanol–water partition coefficient (Wildman–Crippen LogP) is 1.58. The van der Waals surface area contributed by atoms with Crippen LogP contribution >= 0.6 is 0 Å². The van der Waals surface area contributed by atoms with Crippen molar-refractivity contribution in [3.63, 3.8) is 0 Å². The molecule has 6 heteroatoms. The number of ether oxygens (including phenoxy) is 1. The van der Waals surface area contributed by atoms with E-state index in [0.717, 1.165) is 0 Å². The summed E-state index contributed by atoms with van der Waals surface area (Å²) < 4.78 is 4.52. The van der Waals surface area contributed by atoms with E-state index < -0.39 is 17.5 Å². The maximum atomic E-state index is 11.4. The lowest BCUT2D eigenvalue weighted by Gasteiger charge is -2.03. The van der Waals surface area contributed by atoms with E-state index in [-0.39, 0.29) is 11.3 Å². The standard InChI is InChI=1S/C10H8N2O4/c1-7-3-2-4-8(9(7)12(14)15)10(13)16-6-5-11/h2-4H,6H2,1H3. The Morgan fingerprint density at radius 2 is 2.31 bits per heavy atom. The molecular formula is C10H8N2O4. The molecule has 0 radical (unpaired) electrons. The summed E-state index contributed by atoms with van der Waals surface area (Å²) in [6.45, 7) is 1.10. The first-order valence-electron chi connectivity index (χ1n) is 4.36. The molecule has 0 heterocycles. The number of nitriles is 1. The van der Waals surface area contributed by atoms with Crippen molar-refractivity contribution in [1.29, 1.82) is 5.26 Å². The van der Waals surface area contributed by atoms with E-state index >= 15 is 0 Å². The van der Waals surface area contributed by atoms with Crippen molar-refractivity contribution in [2.24, 2.45) is 0 Å². The van der Waals surface area contributed by atoms with E-state index in [4.69, 9.17) is 5.26 Å². The lowest BCUT2D eigenvalue weighted by Crippen LogP contribution is -2.09. The number of carbonyl (C=O) groups is 1. The summed E-state index contributed by atoms with van der Waals surface area (Å²) in [5.74, 6) is -0.864. The highest BCUT2D eigenvalue weighted by Gasteiger charge is 2.23. The summed E-state index contributed by atoms with van der Waals surface area (Å²) in [6.07, 6.45) is 0. The van der Waals surface area contributed by atoms with Crippen molar-refractivity contribution in [3.05, 3.63) is 39.4 Å². The number of nitro groups is 1. The molecule has 0 amide bonds. The molecule has 6 nitrogen and oxygen atoms in total. The van der Waals surface area contributed by atoms with Crippen molar-refractivity contribution < 1.29 is 14.5 Å². The van der Waals surface area contributed by atoms with Crippen molar-refractivity contribution in [1.82, 2.24) is 0 Å². The highest BCUT2D eigenvalue weighted by Crippen LogP contribution is 2.23. The van der Waals surface area contributed by atoms with E-state index in [9.17, 15) is 14.9 Å². The zero-order valence-corrected chi connectivity index (χ0v) is 8.47. The molecule has 0 aliphatic rings. The van der Waals surface area contributed by atoms with Crippen LogP contribution in [0.2, 0.25) is 0 Å². The van der Waals surface area contributed by atoms with Gasteiger partial charge in [-0.15, -0.1) is 0 Å². The summed E-state index contributed by atoms with van der Waals surface area (Å²) in [5, 5.41) is 19.0. The van der Waals surface area contributed by atoms with Crippen LogP contribution in [-0.2, 0) is 4.74 Å². The van der Waals surface area contributed by atoms with Crippen LogP contribution < -0.4 is 0 Å². The Bertz CT molecular complexity index is 476. The molecule has 0 bridgehead atoms. The zero-order chi connectivity index (χ0) is 12.1. The van der Waals surface area contributed by atoms with Gasteiger partial charge in [-0.1, -0.05) is 12.1 Å². The topological polar surface area (TPSA) is 93.2 Å². The molecule has 0 spiro atoms.